The molecule has 3 atom stereocenters. The van der Waals surface area contributed by atoms with E-state index in [1.165, 1.54) is 0 Å². The number of aliphatic hydroxyl groups is 2. The maximum absolute atomic E-state index is 10.8. The lowest BCUT2D eigenvalue weighted by molar-refractivity contribution is -0.00103. The lowest BCUT2D eigenvalue weighted by Crippen LogP contribution is -2.45. The molecular formula is C20H25NO2. The molecule has 23 heavy (non-hydrogen) atoms. The standard InChI is InChI=1S/C20H25NO2/c22-19(16-9-3-1-4-10-16)15-21-14-8-7-13-18(21)20(23)17-11-5-2-6-12-17/h1-6,9-12,18-20,22-23H,7-8,13-15H2. The van der Waals surface area contributed by atoms with E-state index in [0.29, 0.717) is 6.54 Å². The van der Waals surface area contributed by atoms with Gasteiger partial charge < -0.3 is 10.2 Å². The molecule has 0 saturated carbocycles. The maximum atomic E-state index is 10.8. The minimum Gasteiger partial charge on any atom is -0.387 e. The zero-order valence-corrected chi connectivity index (χ0v) is 13.4. The van der Waals surface area contributed by atoms with Crippen molar-refractivity contribution in [1.82, 2.24) is 4.90 Å². The van der Waals surface area contributed by atoms with Gasteiger partial charge in [0, 0.05) is 12.6 Å². The molecule has 1 aliphatic rings. The average Bonchev–Trinajstić information content (AvgIpc) is 2.63. The zero-order valence-electron chi connectivity index (χ0n) is 13.4. The van der Waals surface area contributed by atoms with Crippen LogP contribution in [-0.2, 0) is 0 Å². The van der Waals surface area contributed by atoms with E-state index >= 15 is 0 Å². The predicted molar refractivity (Wildman–Crippen MR) is 92.0 cm³/mol. The summed E-state index contributed by atoms with van der Waals surface area (Å²) in [6, 6.07) is 19.7. The molecule has 0 amide bonds. The van der Waals surface area contributed by atoms with Crippen molar-refractivity contribution >= 4 is 0 Å². The van der Waals surface area contributed by atoms with Gasteiger partial charge in [-0.3, -0.25) is 4.90 Å². The summed E-state index contributed by atoms with van der Waals surface area (Å²) in [5.41, 5.74) is 1.89. The van der Waals surface area contributed by atoms with Crippen molar-refractivity contribution in [2.24, 2.45) is 0 Å². The number of hydrogen-bond acceptors (Lipinski definition) is 3. The molecule has 3 unspecified atom stereocenters. The first-order chi connectivity index (χ1) is 11.3. The molecule has 1 saturated heterocycles. The molecule has 2 aromatic rings. The van der Waals surface area contributed by atoms with Gasteiger partial charge in [-0.05, 0) is 30.5 Å². The van der Waals surface area contributed by atoms with Crippen LogP contribution in [-0.4, -0.2) is 34.2 Å². The van der Waals surface area contributed by atoms with Crippen LogP contribution in [0.1, 0.15) is 42.6 Å². The molecule has 3 nitrogen and oxygen atoms in total. The average molecular weight is 311 g/mol. The highest BCUT2D eigenvalue weighted by Gasteiger charge is 2.30. The predicted octanol–water partition coefficient (Wildman–Crippen LogP) is 3.31. The second kappa shape index (κ2) is 7.73. The number of likely N-dealkylation sites (tertiary alicyclic amines) is 1. The monoisotopic (exact) mass is 311 g/mol. The first kappa shape index (κ1) is 16.2. The second-order valence-electron chi connectivity index (χ2n) is 6.34. The molecule has 0 spiro atoms. The van der Waals surface area contributed by atoms with E-state index in [1.807, 2.05) is 60.7 Å². The van der Waals surface area contributed by atoms with Crippen molar-refractivity contribution in [3.8, 4) is 0 Å². The number of hydrogen-bond donors (Lipinski definition) is 2. The molecule has 3 heteroatoms. The second-order valence-corrected chi connectivity index (χ2v) is 6.34. The highest BCUT2D eigenvalue weighted by molar-refractivity contribution is 5.20. The summed E-state index contributed by atoms with van der Waals surface area (Å²) in [5, 5.41) is 21.3. The Bertz CT molecular complexity index is 587. The zero-order chi connectivity index (χ0) is 16.1. The van der Waals surface area contributed by atoms with Crippen LogP contribution >= 0.6 is 0 Å². The molecule has 1 aliphatic heterocycles. The smallest absolute Gasteiger partial charge is 0.0945 e. The van der Waals surface area contributed by atoms with Gasteiger partial charge in [0.05, 0.1) is 12.2 Å². The summed E-state index contributed by atoms with van der Waals surface area (Å²) in [6.07, 6.45) is 2.21. The van der Waals surface area contributed by atoms with E-state index in [4.69, 9.17) is 0 Å². The highest BCUT2D eigenvalue weighted by atomic mass is 16.3. The van der Waals surface area contributed by atoms with Gasteiger partial charge in [-0.1, -0.05) is 67.1 Å². The number of benzene rings is 2. The van der Waals surface area contributed by atoms with Gasteiger partial charge in [0.15, 0.2) is 0 Å². The van der Waals surface area contributed by atoms with Crippen LogP contribution in [0.4, 0.5) is 0 Å². The summed E-state index contributed by atoms with van der Waals surface area (Å²) in [5.74, 6) is 0. The van der Waals surface area contributed by atoms with Crippen molar-refractivity contribution in [3.63, 3.8) is 0 Å². The largest absolute Gasteiger partial charge is 0.387 e. The van der Waals surface area contributed by atoms with E-state index in [-0.39, 0.29) is 6.04 Å². The Morgan fingerprint density at radius 2 is 1.48 bits per heavy atom. The third-order valence-electron chi connectivity index (χ3n) is 4.76. The number of piperidine rings is 1. The number of rotatable bonds is 5. The molecule has 0 aliphatic carbocycles. The van der Waals surface area contributed by atoms with Crippen LogP contribution in [0.3, 0.4) is 0 Å². The van der Waals surface area contributed by atoms with Crippen molar-refractivity contribution in [2.45, 2.75) is 37.5 Å². The number of aliphatic hydroxyl groups excluding tert-OH is 2. The first-order valence-corrected chi connectivity index (χ1v) is 8.46. The van der Waals surface area contributed by atoms with E-state index < -0.39 is 12.2 Å². The van der Waals surface area contributed by atoms with Gasteiger partial charge in [0.2, 0.25) is 0 Å². The Morgan fingerprint density at radius 3 is 2.13 bits per heavy atom. The molecule has 0 aromatic heterocycles. The van der Waals surface area contributed by atoms with E-state index in [2.05, 4.69) is 4.90 Å². The third-order valence-corrected chi connectivity index (χ3v) is 4.76. The molecule has 2 aromatic carbocycles. The van der Waals surface area contributed by atoms with Crippen LogP contribution in [0, 0.1) is 0 Å². The van der Waals surface area contributed by atoms with Gasteiger partial charge in [0.25, 0.3) is 0 Å². The fourth-order valence-corrected chi connectivity index (χ4v) is 3.48. The molecule has 3 rings (SSSR count). The fourth-order valence-electron chi connectivity index (χ4n) is 3.48. The lowest BCUT2D eigenvalue weighted by Gasteiger charge is -2.39. The van der Waals surface area contributed by atoms with Crippen LogP contribution in [0.25, 0.3) is 0 Å². The number of nitrogens with zero attached hydrogens (tertiary/aromatic N) is 1. The number of β-amino-alcohol motifs (C(OH)–C–C–N with tert-alkyl or cyclic N) is 1. The van der Waals surface area contributed by atoms with Crippen molar-refractivity contribution in [2.75, 3.05) is 13.1 Å². The normalized spacial score (nSPS) is 21.7. The van der Waals surface area contributed by atoms with E-state index in [0.717, 1.165) is 36.9 Å². The van der Waals surface area contributed by atoms with Gasteiger partial charge in [-0.2, -0.15) is 0 Å². The maximum Gasteiger partial charge on any atom is 0.0945 e. The Kier molecular flexibility index (Phi) is 5.44. The third kappa shape index (κ3) is 3.99. The quantitative estimate of drug-likeness (QED) is 0.890. The Hall–Kier alpha value is -1.68. The Morgan fingerprint density at radius 1 is 0.870 bits per heavy atom. The van der Waals surface area contributed by atoms with Crippen LogP contribution in [0.15, 0.2) is 60.7 Å². The lowest BCUT2D eigenvalue weighted by atomic mass is 9.92. The van der Waals surface area contributed by atoms with E-state index in [1.54, 1.807) is 0 Å². The molecule has 1 fully saturated rings. The van der Waals surface area contributed by atoms with Gasteiger partial charge in [-0.15, -0.1) is 0 Å². The van der Waals surface area contributed by atoms with Crippen LogP contribution in [0.2, 0.25) is 0 Å². The summed E-state index contributed by atoms with van der Waals surface area (Å²) < 4.78 is 0. The fraction of sp³-hybridized carbons (Fsp3) is 0.400. The van der Waals surface area contributed by atoms with Crippen LogP contribution in [0.5, 0.6) is 0 Å². The summed E-state index contributed by atoms with van der Waals surface area (Å²) >= 11 is 0. The molecular weight excluding hydrogens is 286 g/mol. The van der Waals surface area contributed by atoms with Crippen molar-refractivity contribution < 1.29 is 10.2 Å². The highest BCUT2D eigenvalue weighted by Crippen LogP contribution is 2.30. The summed E-state index contributed by atoms with van der Waals surface area (Å²) in [4.78, 5) is 2.25. The van der Waals surface area contributed by atoms with Gasteiger partial charge >= 0.3 is 0 Å². The molecule has 0 radical (unpaired) electrons. The first-order valence-electron chi connectivity index (χ1n) is 8.46. The summed E-state index contributed by atoms with van der Waals surface area (Å²) in [7, 11) is 0. The Balaban J connectivity index is 1.71. The van der Waals surface area contributed by atoms with Crippen molar-refractivity contribution in [1.29, 1.82) is 0 Å². The molecule has 0 bridgehead atoms. The minimum absolute atomic E-state index is 0.0736. The van der Waals surface area contributed by atoms with Gasteiger partial charge in [0.1, 0.15) is 0 Å². The van der Waals surface area contributed by atoms with Crippen LogP contribution < -0.4 is 0 Å². The van der Waals surface area contributed by atoms with Crippen molar-refractivity contribution in [3.05, 3.63) is 71.8 Å². The molecule has 122 valence electrons. The van der Waals surface area contributed by atoms with E-state index in [9.17, 15) is 10.2 Å². The van der Waals surface area contributed by atoms with Gasteiger partial charge in [-0.25, -0.2) is 0 Å². The Labute approximate surface area is 138 Å². The SMILES string of the molecule is OC(CN1CCCCC1C(O)c1ccccc1)c1ccccc1. The summed E-state index contributed by atoms with van der Waals surface area (Å²) in [6.45, 7) is 1.50. The minimum atomic E-state index is -0.514. The molecule has 1 heterocycles. The molecule has 2 N–H and O–H groups in total. The topological polar surface area (TPSA) is 43.7 Å².